The number of hydrogen-bond donors (Lipinski definition) is 2. The first kappa shape index (κ1) is 19.7. The highest BCUT2D eigenvalue weighted by atomic mass is 32.2. The maximum atomic E-state index is 13.4. The lowest BCUT2D eigenvalue weighted by molar-refractivity contribution is -0.137. The zero-order chi connectivity index (χ0) is 19.8. The number of H-pyrrole nitrogens is 1. The fourth-order valence-corrected chi connectivity index (χ4v) is 4.39. The van der Waals surface area contributed by atoms with Crippen molar-refractivity contribution in [3.63, 3.8) is 0 Å². The minimum atomic E-state index is -4.45. The van der Waals surface area contributed by atoms with E-state index in [1.165, 1.54) is 19.1 Å². The first-order chi connectivity index (χ1) is 12.7. The van der Waals surface area contributed by atoms with Crippen molar-refractivity contribution in [1.29, 1.82) is 0 Å². The number of carbonyl (C=O) groups excluding carboxylic acids is 1. The first-order valence-corrected chi connectivity index (χ1v) is 9.60. The molecule has 0 unspecified atom stereocenters. The summed E-state index contributed by atoms with van der Waals surface area (Å²) < 4.78 is 43.1. The van der Waals surface area contributed by atoms with Crippen molar-refractivity contribution in [2.75, 3.05) is 17.8 Å². The van der Waals surface area contributed by atoms with Gasteiger partial charge in [0.25, 0.3) is 5.91 Å². The molecule has 8 heteroatoms. The van der Waals surface area contributed by atoms with E-state index < -0.39 is 11.7 Å². The van der Waals surface area contributed by atoms with Crippen molar-refractivity contribution in [1.82, 2.24) is 9.88 Å². The van der Waals surface area contributed by atoms with Gasteiger partial charge in [0.05, 0.1) is 21.7 Å². The summed E-state index contributed by atoms with van der Waals surface area (Å²) in [5.74, 6) is -0.0704. The second-order valence-corrected chi connectivity index (χ2v) is 7.59. The molecule has 27 heavy (non-hydrogen) atoms. The summed E-state index contributed by atoms with van der Waals surface area (Å²) in [7, 11) is 0. The van der Waals surface area contributed by atoms with Crippen molar-refractivity contribution >= 4 is 23.5 Å². The molecule has 0 atom stereocenters. The molecule has 1 aliphatic heterocycles. The number of amides is 1. The number of aryl methyl sites for hydroxylation is 3. The van der Waals surface area contributed by atoms with Crippen LogP contribution < -0.4 is 4.72 Å². The summed E-state index contributed by atoms with van der Waals surface area (Å²) >= 11 is 1.04. The van der Waals surface area contributed by atoms with Crippen LogP contribution in [0.25, 0.3) is 0 Å². The van der Waals surface area contributed by atoms with Crippen LogP contribution in [0.5, 0.6) is 0 Å². The van der Waals surface area contributed by atoms with Crippen LogP contribution in [0.1, 0.15) is 45.7 Å². The van der Waals surface area contributed by atoms with E-state index in [4.69, 9.17) is 0 Å². The predicted octanol–water partition coefficient (Wildman–Crippen LogP) is 5.31. The number of anilines is 1. The number of rotatable bonds is 4. The van der Waals surface area contributed by atoms with Crippen LogP contribution in [-0.2, 0) is 6.18 Å². The van der Waals surface area contributed by atoms with Gasteiger partial charge in [0.15, 0.2) is 0 Å². The minimum absolute atomic E-state index is 0.00896. The molecule has 1 saturated heterocycles. The molecule has 0 saturated carbocycles. The lowest BCUT2D eigenvalue weighted by Crippen LogP contribution is -2.28. The van der Waals surface area contributed by atoms with Crippen molar-refractivity contribution < 1.29 is 18.0 Å². The molecule has 1 amide bonds. The van der Waals surface area contributed by atoms with Crippen LogP contribution in [0, 0.1) is 20.8 Å². The smallest absolute Gasteiger partial charge is 0.361 e. The van der Waals surface area contributed by atoms with E-state index in [0.29, 0.717) is 10.5 Å². The van der Waals surface area contributed by atoms with E-state index in [1.54, 1.807) is 11.0 Å². The third kappa shape index (κ3) is 3.95. The standard InChI is InChI=1S/C19H22F3N3OS/c1-11-7-6-8-14(16(11)19(20,21)22)24-27-17-13(3)23-12(2)15(17)18(26)25-9-4-5-10-25/h6-8,23-24H,4-5,9-10H2,1-3H3. The number of nitrogens with zero attached hydrogens (tertiary/aromatic N) is 1. The Labute approximate surface area is 160 Å². The Morgan fingerprint density at radius 1 is 1.15 bits per heavy atom. The van der Waals surface area contributed by atoms with Gasteiger partial charge in [-0.3, -0.25) is 4.79 Å². The third-order valence-corrected chi connectivity index (χ3v) is 5.78. The summed E-state index contributed by atoms with van der Waals surface area (Å²) in [5.41, 5.74) is 1.49. The lowest BCUT2D eigenvalue weighted by atomic mass is 10.1. The number of nitrogens with one attached hydrogen (secondary N) is 2. The largest absolute Gasteiger partial charge is 0.418 e. The zero-order valence-corrected chi connectivity index (χ0v) is 16.3. The molecule has 2 aromatic rings. The average Bonchev–Trinajstić information content (AvgIpc) is 3.19. The van der Waals surface area contributed by atoms with Gasteiger partial charge in [-0.2, -0.15) is 13.2 Å². The lowest BCUT2D eigenvalue weighted by Gasteiger charge is -2.18. The number of carbonyl (C=O) groups is 1. The molecule has 0 spiro atoms. The molecule has 146 valence electrons. The minimum Gasteiger partial charge on any atom is -0.361 e. The number of hydrogen-bond acceptors (Lipinski definition) is 3. The van der Waals surface area contributed by atoms with Gasteiger partial charge in [-0.1, -0.05) is 12.1 Å². The molecule has 1 aliphatic rings. The Kier molecular flexibility index (Phi) is 5.46. The van der Waals surface area contributed by atoms with E-state index in [9.17, 15) is 18.0 Å². The quantitative estimate of drug-likeness (QED) is 0.687. The first-order valence-electron chi connectivity index (χ1n) is 8.78. The Hall–Kier alpha value is -2.09. The molecule has 1 fully saturated rings. The molecular weight excluding hydrogens is 375 g/mol. The second kappa shape index (κ2) is 7.50. The normalized spacial score (nSPS) is 14.7. The maximum absolute atomic E-state index is 13.4. The monoisotopic (exact) mass is 397 g/mol. The van der Waals surface area contributed by atoms with E-state index >= 15 is 0 Å². The summed E-state index contributed by atoms with van der Waals surface area (Å²) in [6, 6.07) is 4.42. The highest BCUT2D eigenvalue weighted by Gasteiger charge is 2.35. The van der Waals surface area contributed by atoms with Gasteiger partial charge in [-0.15, -0.1) is 0 Å². The highest BCUT2D eigenvalue weighted by Crippen LogP contribution is 2.40. The average molecular weight is 397 g/mol. The molecule has 3 rings (SSSR count). The van der Waals surface area contributed by atoms with Crippen LogP contribution in [0.2, 0.25) is 0 Å². The summed E-state index contributed by atoms with van der Waals surface area (Å²) in [6.45, 7) is 6.51. The molecule has 0 aliphatic carbocycles. The summed E-state index contributed by atoms with van der Waals surface area (Å²) in [5, 5.41) is 0. The Morgan fingerprint density at radius 3 is 2.44 bits per heavy atom. The van der Waals surface area contributed by atoms with Gasteiger partial charge in [0, 0.05) is 24.5 Å². The fraction of sp³-hybridized carbons (Fsp3) is 0.421. The number of aromatic nitrogens is 1. The molecule has 1 aromatic carbocycles. The molecule has 0 bridgehead atoms. The van der Waals surface area contributed by atoms with Crippen LogP contribution in [0.15, 0.2) is 23.1 Å². The number of aromatic amines is 1. The van der Waals surface area contributed by atoms with Crippen molar-refractivity contribution in [2.24, 2.45) is 0 Å². The van der Waals surface area contributed by atoms with Crippen LogP contribution in [-0.4, -0.2) is 28.9 Å². The van der Waals surface area contributed by atoms with Crippen LogP contribution in [0.4, 0.5) is 18.9 Å². The highest BCUT2D eigenvalue weighted by molar-refractivity contribution is 8.00. The maximum Gasteiger partial charge on any atom is 0.418 e. The van der Waals surface area contributed by atoms with Crippen molar-refractivity contribution in [3.05, 3.63) is 46.3 Å². The van der Waals surface area contributed by atoms with Gasteiger partial charge >= 0.3 is 6.18 Å². The van der Waals surface area contributed by atoms with Gasteiger partial charge in [0.1, 0.15) is 0 Å². The van der Waals surface area contributed by atoms with Gasteiger partial charge in [0.2, 0.25) is 0 Å². The number of likely N-dealkylation sites (tertiary alicyclic amines) is 1. The Balaban J connectivity index is 1.90. The van der Waals surface area contributed by atoms with Gasteiger partial charge in [-0.25, -0.2) is 0 Å². The number of benzene rings is 1. The molecule has 2 N–H and O–H groups in total. The number of halogens is 3. The fourth-order valence-electron chi connectivity index (χ4n) is 3.46. The molecule has 1 aromatic heterocycles. The second-order valence-electron chi connectivity index (χ2n) is 6.78. The molecule has 4 nitrogen and oxygen atoms in total. The van der Waals surface area contributed by atoms with E-state index in [-0.39, 0.29) is 17.2 Å². The summed E-state index contributed by atoms with van der Waals surface area (Å²) in [4.78, 5) is 18.5. The van der Waals surface area contributed by atoms with Crippen molar-refractivity contribution in [3.8, 4) is 0 Å². The molecular formula is C19H22F3N3OS. The van der Waals surface area contributed by atoms with Crippen LogP contribution >= 0.6 is 11.9 Å². The van der Waals surface area contributed by atoms with E-state index in [1.807, 2.05) is 13.8 Å². The topological polar surface area (TPSA) is 48.1 Å². The zero-order valence-electron chi connectivity index (χ0n) is 15.5. The van der Waals surface area contributed by atoms with Gasteiger partial charge in [-0.05, 0) is 57.2 Å². The SMILES string of the molecule is Cc1cccc(NSc2c(C)[nH]c(C)c2C(=O)N2CCCC2)c1C(F)(F)F. The van der Waals surface area contributed by atoms with E-state index in [0.717, 1.165) is 49.3 Å². The van der Waals surface area contributed by atoms with Gasteiger partial charge < -0.3 is 14.6 Å². The molecule has 2 heterocycles. The Morgan fingerprint density at radius 2 is 1.81 bits per heavy atom. The Bertz CT molecular complexity index is 855. The third-order valence-electron chi connectivity index (χ3n) is 4.74. The van der Waals surface area contributed by atoms with E-state index in [2.05, 4.69) is 9.71 Å². The predicted molar refractivity (Wildman–Crippen MR) is 101 cm³/mol. The van der Waals surface area contributed by atoms with Crippen LogP contribution in [0.3, 0.4) is 0 Å². The summed E-state index contributed by atoms with van der Waals surface area (Å²) in [6.07, 6.45) is -2.49. The molecule has 0 radical (unpaired) electrons. The van der Waals surface area contributed by atoms with Crippen molar-refractivity contribution in [2.45, 2.75) is 44.7 Å². The number of alkyl halides is 3.